The Morgan fingerprint density at radius 2 is 1.80 bits per heavy atom. The summed E-state index contributed by atoms with van der Waals surface area (Å²) < 4.78 is 1.95. The lowest BCUT2D eigenvalue weighted by molar-refractivity contribution is -0.114. The van der Waals surface area contributed by atoms with Gasteiger partial charge < -0.3 is 10.6 Å². The molecule has 6 nitrogen and oxygen atoms in total. The molecule has 30 heavy (non-hydrogen) atoms. The number of anilines is 2. The van der Waals surface area contributed by atoms with Gasteiger partial charge in [0.2, 0.25) is 5.91 Å². The summed E-state index contributed by atoms with van der Waals surface area (Å²) in [6, 6.07) is 17.5. The van der Waals surface area contributed by atoms with Gasteiger partial charge in [-0.1, -0.05) is 36.4 Å². The number of hydrogen-bond donors (Lipinski definition) is 2. The van der Waals surface area contributed by atoms with Crippen LogP contribution in [0.25, 0.3) is 10.2 Å². The first-order valence-corrected chi connectivity index (χ1v) is 10.4. The highest BCUT2D eigenvalue weighted by molar-refractivity contribution is 7.20. The maximum absolute atomic E-state index is 12.9. The lowest BCUT2D eigenvalue weighted by atomic mass is 10.1. The largest absolute Gasteiger partial charge is 0.326 e. The van der Waals surface area contributed by atoms with Crippen LogP contribution in [0, 0.1) is 13.8 Å². The fourth-order valence-electron chi connectivity index (χ4n) is 3.30. The number of nitrogens with zero attached hydrogens (tertiary/aromatic N) is 2. The van der Waals surface area contributed by atoms with E-state index in [-0.39, 0.29) is 11.8 Å². The topological polar surface area (TPSA) is 76.0 Å². The summed E-state index contributed by atoms with van der Waals surface area (Å²) in [6.07, 6.45) is 0. The lowest BCUT2D eigenvalue weighted by Crippen LogP contribution is -2.12. The third-order valence-corrected chi connectivity index (χ3v) is 5.96. The molecule has 0 aliphatic heterocycles. The molecule has 2 amide bonds. The second kappa shape index (κ2) is 8.12. The van der Waals surface area contributed by atoms with E-state index in [0.29, 0.717) is 22.8 Å². The van der Waals surface area contributed by atoms with Crippen molar-refractivity contribution in [1.82, 2.24) is 9.78 Å². The van der Waals surface area contributed by atoms with Crippen molar-refractivity contribution in [3.8, 4) is 0 Å². The summed E-state index contributed by atoms with van der Waals surface area (Å²) in [4.78, 5) is 25.8. The minimum absolute atomic E-state index is 0.149. The zero-order valence-electron chi connectivity index (χ0n) is 17.0. The van der Waals surface area contributed by atoms with Gasteiger partial charge in [0.15, 0.2) is 0 Å². The standard InChI is InChI=1S/C23H22N4O2S/c1-14-9-10-18(11-20(14)24-16(3)28)25-22(29)21-12-19-15(2)26-27(23(19)30-21)13-17-7-5-4-6-8-17/h4-12H,13H2,1-3H3,(H,24,28)(H,25,29). The van der Waals surface area contributed by atoms with E-state index in [4.69, 9.17) is 0 Å². The van der Waals surface area contributed by atoms with Gasteiger partial charge in [0, 0.05) is 23.7 Å². The van der Waals surface area contributed by atoms with Gasteiger partial charge in [0.25, 0.3) is 5.91 Å². The molecular weight excluding hydrogens is 396 g/mol. The van der Waals surface area contributed by atoms with Crippen molar-refractivity contribution in [3.05, 3.63) is 76.3 Å². The van der Waals surface area contributed by atoms with E-state index in [0.717, 1.165) is 27.0 Å². The summed E-state index contributed by atoms with van der Waals surface area (Å²) in [5, 5.41) is 11.3. The molecule has 2 heterocycles. The lowest BCUT2D eigenvalue weighted by Gasteiger charge is -2.10. The molecule has 0 atom stereocenters. The van der Waals surface area contributed by atoms with Gasteiger partial charge in [0.05, 0.1) is 17.1 Å². The minimum atomic E-state index is -0.181. The third-order valence-electron chi connectivity index (χ3n) is 4.81. The van der Waals surface area contributed by atoms with Crippen LogP contribution < -0.4 is 10.6 Å². The molecule has 0 bridgehead atoms. The molecule has 0 saturated carbocycles. The average molecular weight is 419 g/mol. The highest BCUT2D eigenvalue weighted by Crippen LogP contribution is 2.30. The Bertz CT molecular complexity index is 1240. The predicted molar refractivity (Wildman–Crippen MR) is 121 cm³/mol. The van der Waals surface area contributed by atoms with Crippen molar-refractivity contribution in [2.75, 3.05) is 10.6 Å². The van der Waals surface area contributed by atoms with Gasteiger partial charge >= 0.3 is 0 Å². The summed E-state index contributed by atoms with van der Waals surface area (Å²) in [5.41, 5.74) is 4.31. The van der Waals surface area contributed by atoms with E-state index in [1.165, 1.54) is 18.3 Å². The normalized spacial score (nSPS) is 10.9. The van der Waals surface area contributed by atoms with E-state index < -0.39 is 0 Å². The number of amides is 2. The first-order chi connectivity index (χ1) is 14.4. The number of hydrogen-bond acceptors (Lipinski definition) is 4. The van der Waals surface area contributed by atoms with Gasteiger partial charge in [-0.05, 0) is 43.2 Å². The smallest absolute Gasteiger partial charge is 0.265 e. The maximum atomic E-state index is 12.9. The Balaban J connectivity index is 1.58. The van der Waals surface area contributed by atoms with Crippen LogP contribution in [0.15, 0.2) is 54.6 Å². The number of carbonyl (C=O) groups is 2. The van der Waals surface area contributed by atoms with Crippen molar-refractivity contribution < 1.29 is 9.59 Å². The number of carbonyl (C=O) groups excluding carboxylic acids is 2. The molecule has 152 valence electrons. The van der Waals surface area contributed by atoms with E-state index >= 15 is 0 Å². The molecule has 0 aliphatic rings. The summed E-state index contributed by atoms with van der Waals surface area (Å²) in [6.45, 7) is 5.98. The van der Waals surface area contributed by atoms with E-state index in [9.17, 15) is 9.59 Å². The number of rotatable bonds is 5. The van der Waals surface area contributed by atoms with Crippen molar-refractivity contribution >= 4 is 44.7 Å². The monoisotopic (exact) mass is 418 g/mol. The Morgan fingerprint density at radius 1 is 1.03 bits per heavy atom. The van der Waals surface area contributed by atoms with Gasteiger partial charge in [-0.25, -0.2) is 0 Å². The van der Waals surface area contributed by atoms with Crippen LogP contribution in [0.2, 0.25) is 0 Å². The Kier molecular flexibility index (Phi) is 5.37. The van der Waals surface area contributed by atoms with Crippen molar-refractivity contribution in [1.29, 1.82) is 0 Å². The minimum Gasteiger partial charge on any atom is -0.326 e. The summed E-state index contributed by atoms with van der Waals surface area (Å²) in [5.74, 6) is -0.330. The van der Waals surface area contributed by atoms with Gasteiger partial charge in [-0.15, -0.1) is 11.3 Å². The van der Waals surface area contributed by atoms with Crippen LogP contribution in [0.1, 0.15) is 33.4 Å². The molecule has 0 radical (unpaired) electrons. The Hall–Kier alpha value is -3.45. The zero-order chi connectivity index (χ0) is 21.3. The van der Waals surface area contributed by atoms with E-state index in [1.54, 1.807) is 6.07 Å². The van der Waals surface area contributed by atoms with Crippen LogP contribution in [0.5, 0.6) is 0 Å². The van der Waals surface area contributed by atoms with Crippen LogP contribution in [0.3, 0.4) is 0 Å². The summed E-state index contributed by atoms with van der Waals surface area (Å²) in [7, 11) is 0. The number of aryl methyl sites for hydroxylation is 2. The molecule has 0 aliphatic carbocycles. The highest BCUT2D eigenvalue weighted by Gasteiger charge is 2.17. The molecular formula is C23H22N4O2S. The molecule has 2 N–H and O–H groups in total. The molecule has 0 saturated heterocycles. The third kappa shape index (κ3) is 4.11. The van der Waals surface area contributed by atoms with Crippen LogP contribution in [-0.2, 0) is 11.3 Å². The second-order valence-electron chi connectivity index (χ2n) is 7.22. The van der Waals surface area contributed by atoms with E-state index in [2.05, 4.69) is 27.9 Å². The fourth-order valence-corrected chi connectivity index (χ4v) is 4.36. The number of thiophene rings is 1. The molecule has 0 spiro atoms. The number of nitrogens with one attached hydrogen (secondary N) is 2. The summed E-state index contributed by atoms with van der Waals surface area (Å²) >= 11 is 1.43. The number of aromatic nitrogens is 2. The molecule has 0 fully saturated rings. The van der Waals surface area contributed by atoms with Gasteiger partial charge in [-0.3, -0.25) is 14.3 Å². The SMILES string of the molecule is CC(=O)Nc1cc(NC(=O)c2cc3c(C)nn(Cc4ccccc4)c3s2)ccc1C. The Morgan fingerprint density at radius 3 is 2.53 bits per heavy atom. The number of benzene rings is 2. The average Bonchev–Trinajstić information content (AvgIpc) is 3.27. The van der Waals surface area contributed by atoms with Crippen molar-refractivity contribution in [2.45, 2.75) is 27.3 Å². The first kappa shape index (κ1) is 19.8. The molecule has 2 aromatic carbocycles. The van der Waals surface area contributed by atoms with Crippen LogP contribution in [-0.4, -0.2) is 21.6 Å². The van der Waals surface area contributed by atoms with Crippen LogP contribution >= 0.6 is 11.3 Å². The van der Waals surface area contributed by atoms with Gasteiger partial charge in [0.1, 0.15) is 4.83 Å². The molecule has 0 unspecified atom stereocenters. The quantitative estimate of drug-likeness (QED) is 0.480. The van der Waals surface area contributed by atoms with Crippen molar-refractivity contribution in [2.24, 2.45) is 0 Å². The molecule has 4 aromatic rings. The van der Waals surface area contributed by atoms with Gasteiger partial charge in [-0.2, -0.15) is 5.10 Å². The molecule has 7 heteroatoms. The molecule has 4 rings (SSSR count). The number of fused-ring (bicyclic) bond motifs is 1. The zero-order valence-corrected chi connectivity index (χ0v) is 17.8. The molecule has 2 aromatic heterocycles. The maximum Gasteiger partial charge on any atom is 0.265 e. The van der Waals surface area contributed by atoms with Crippen LogP contribution in [0.4, 0.5) is 11.4 Å². The highest BCUT2D eigenvalue weighted by atomic mass is 32.1. The second-order valence-corrected chi connectivity index (χ2v) is 8.25. The first-order valence-electron chi connectivity index (χ1n) is 9.61. The van der Waals surface area contributed by atoms with E-state index in [1.807, 2.05) is 54.9 Å². The predicted octanol–water partition coefficient (Wildman–Crippen LogP) is 4.97. The fraction of sp³-hybridized carbons (Fsp3) is 0.174. The Labute approximate surface area is 178 Å². The van der Waals surface area contributed by atoms with Crippen molar-refractivity contribution in [3.63, 3.8) is 0 Å².